The lowest BCUT2D eigenvalue weighted by molar-refractivity contribution is 0.0624. The standard InChI is InChI=1S/C24H29N3O4/c1-23(2,3)30-21(28)26-19-9-7-8-16(14-19)10-11-17-15-18(25)12-13-20(17)27-22(29)31-24(4,5)6/h7-9,12-15H,25H2,1-6H3,(H,26,28)(H,27,29). The first-order valence-corrected chi connectivity index (χ1v) is 9.82. The van der Waals surface area contributed by atoms with Gasteiger partial charge in [0.2, 0.25) is 0 Å². The van der Waals surface area contributed by atoms with Crippen LogP contribution in [-0.2, 0) is 9.47 Å². The highest BCUT2D eigenvalue weighted by Crippen LogP contribution is 2.20. The average molecular weight is 424 g/mol. The summed E-state index contributed by atoms with van der Waals surface area (Å²) in [5.41, 5.74) is 7.43. The second kappa shape index (κ2) is 9.43. The van der Waals surface area contributed by atoms with Crippen molar-refractivity contribution >= 4 is 29.2 Å². The summed E-state index contributed by atoms with van der Waals surface area (Å²) in [5.74, 6) is 6.04. The maximum absolute atomic E-state index is 12.1. The topological polar surface area (TPSA) is 103 Å². The minimum atomic E-state index is -0.620. The minimum absolute atomic E-state index is 0.485. The molecule has 0 atom stereocenters. The van der Waals surface area contributed by atoms with Gasteiger partial charge in [0, 0.05) is 16.9 Å². The molecular formula is C24H29N3O4. The Morgan fingerprint density at radius 3 is 2.06 bits per heavy atom. The first kappa shape index (κ1) is 23.6. The van der Waals surface area contributed by atoms with E-state index in [9.17, 15) is 9.59 Å². The first-order valence-electron chi connectivity index (χ1n) is 9.82. The van der Waals surface area contributed by atoms with Gasteiger partial charge in [0.15, 0.2) is 0 Å². The quantitative estimate of drug-likeness (QED) is 0.446. The van der Waals surface area contributed by atoms with E-state index in [4.69, 9.17) is 15.2 Å². The Kier molecular flexibility index (Phi) is 7.19. The normalized spacial score (nSPS) is 11.0. The number of carbonyl (C=O) groups is 2. The van der Waals surface area contributed by atoms with Crippen LogP contribution < -0.4 is 16.4 Å². The Balaban J connectivity index is 2.21. The maximum atomic E-state index is 12.1. The fourth-order valence-electron chi connectivity index (χ4n) is 2.42. The molecule has 0 bridgehead atoms. The number of nitrogens with two attached hydrogens (primary N) is 1. The van der Waals surface area contributed by atoms with Gasteiger partial charge in [-0.25, -0.2) is 9.59 Å². The third-order valence-electron chi connectivity index (χ3n) is 3.53. The van der Waals surface area contributed by atoms with E-state index in [0.29, 0.717) is 28.2 Å². The number of nitrogen functional groups attached to an aromatic ring is 1. The van der Waals surface area contributed by atoms with Gasteiger partial charge in [-0.1, -0.05) is 17.9 Å². The number of amides is 2. The molecule has 0 heterocycles. The zero-order valence-corrected chi connectivity index (χ0v) is 18.8. The van der Waals surface area contributed by atoms with Crippen LogP contribution in [-0.4, -0.2) is 23.4 Å². The second-order valence-electron chi connectivity index (χ2n) is 8.89. The lowest BCUT2D eigenvalue weighted by Crippen LogP contribution is -2.27. The van der Waals surface area contributed by atoms with Gasteiger partial charge in [0.25, 0.3) is 0 Å². The molecular weight excluding hydrogens is 394 g/mol. The van der Waals surface area contributed by atoms with E-state index in [-0.39, 0.29) is 0 Å². The molecule has 0 radical (unpaired) electrons. The Labute approximate surface area is 183 Å². The predicted molar refractivity (Wildman–Crippen MR) is 123 cm³/mol. The maximum Gasteiger partial charge on any atom is 0.412 e. The largest absolute Gasteiger partial charge is 0.444 e. The van der Waals surface area contributed by atoms with Crippen molar-refractivity contribution in [2.24, 2.45) is 0 Å². The summed E-state index contributed by atoms with van der Waals surface area (Å²) in [6.45, 7) is 10.7. The van der Waals surface area contributed by atoms with Crippen molar-refractivity contribution in [3.05, 3.63) is 53.6 Å². The van der Waals surface area contributed by atoms with Crippen LogP contribution in [0.2, 0.25) is 0 Å². The second-order valence-corrected chi connectivity index (χ2v) is 8.89. The van der Waals surface area contributed by atoms with Gasteiger partial charge >= 0.3 is 12.2 Å². The van der Waals surface area contributed by atoms with E-state index in [0.717, 1.165) is 0 Å². The summed E-state index contributed by atoms with van der Waals surface area (Å²) < 4.78 is 10.6. The van der Waals surface area contributed by atoms with E-state index in [2.05, 4.69) is 22.5 Å². The van der Waals surface area contributed by atoms with Crippen LogP contribution in [0.25, 0.3) is 0 Å². The summed E-state index contributed by atoms with van der Waals surface area (Å²) in [6.07, 6.45) is -1.12. The van der Waals surface area contributed by atoms with Gasteiger partial charge < -0.3 is 15.2 Å². The Morgan fingerprint density at radius 1 is 0.839 bits per heavy atom. The van der Waals surface area contributed by atoms with Gasteiger partial charge in [-0.2, -0.15) is 0 Å². The molecule has 2 rings (SSSR count). The third-order valence-corrected chi connectivity index (χ3v) is 3.53. The first-order chi connectivity index (χ1) is 14.3. The monoisotopic (exact) mass is 423 g/mol. The van der Waals surface area contributed by atoms with E-state index < -0.39 is 23.4 Å². The van der Waals surface area contributed by atoms with Crippen LogP contribution in [0.1, 0.15) is 52.7 Å². The highest BCUT2D eigenvalue weighted by Gasteiger charge is 2.17. The number of nitrogens with one attached hydrogen (secondary N) is 2. The minimum Gasteiger partial charge on any atom is -0.444 e. The number of hydrogen-bond donors (Lipinski definition) is 3. The van der Waals surface area contributed by atoms with Crippen LogP contribution in [0, 0.1) is 11.8 Å². The van der Waals surface area contributed by atoms with E-state index in [1.807, 2.05) is 0 Å². The molecule has 2 aromatic rings. The van der Waals surface area contributed by atoms with Crippen molar-refractivity contribution in [1.29, 1.82) is 0 Å². The summed E-state index contributed by atoms with van der Waals surface area (Å²) in [7, 11) is 0. The molecule has 7 heteroatoms. The predicted octanol–water partition coefficient (Wildman–Crippen LogP) is 5.36. The van der Waals surface area contributed by atoms with Crippen molar-refractivity contribution in [1.82, 2.24) is 0 Å². The molecule has 2 amide bonds. The lowest BCUT2D eigenvalue weighted by atomic mass is 10.1. The molecule has 0 spiro atoms. The number of carbonyl (C=O) groups excluding carboxylic acids is 2. The summed E-state index contributed by atoms with van der Waals surface area (Å²) in [6, 6.07) is 12.1. The van der Waals surface area contributed by atoms with Gasteiger partial charge in [0.05, 0.1) is 11.3 Å². The van der Waals surface area contributed by atoms with Crippen LogP contribution in [0.5, 0.6) is 0 Å². The summed E-state index contributed by atoms with van der Waals surface area (Å²) in [5, 5.41) is 5.38. The summed E-state index contributed by atoms with van der Waals surface area (Å²) in [4.78, 5) is 24.1. The molecule has 7 nitrogen and oxygen atoms in total. The molecule has 0 saturated carbocycles. The van der Waals surface area contributed by atoms with Crippen molar-refractivity contribution in [3.8, 4) is 11.8 Å². The van der Waals surface area contributed by atoms with E-state index >= 15 is 0 Å². The molecule has 0 saturated heterocycles. The molecule has 164 valence electrons. The number of benzene rings is 2. The van der Waals surface area contributed by atoms with Crippen LogP contribution in [0.15, 0.2) is 42.5 Å². The molecule has 0 aromatic heterocycles. The van der Waals surface area contributed by atoms with E-state index in [1.165, 1.54) is 0 Å². The molecule has 31 heavy (non-hydrogen) atoms. The smallest absolute Gasteiger partial charge is 0.412 e. The van der Waals surface area contributed by atoms with Crippen molar-refractivity contribution < 1.29 is 19.1 Å². The zero-order valence-electron chi connectivity index (χ0n) is 18.8. The van der Waals surface area contributed by atoms with Gasteiger partial charge in [-0.05, 0) is 77.9 Å². The number of ether oxygens (including phenoxy) is 2. The van der Waals surface area contributed by atoms with Gasteiger partial charge in [0.1, 0.15) is 11.2 Å². The van der Waals surface area contributed by atoms with Gasteiger partial charge in [-0.3, -0.25) is 10.6 Å². The van der Waals surface area contributed by atoms with Crippen molar-refractivity contribution in [3.63, 3.8) is 0 Å². The Morgan fingerprint density at radius 2 is 1.45 bits per heavy atom. The van der Waals surface area contributed by atoms with Crippen molar-refractivity contribution in [2.45, 2.75) is 52.7 Å². The highest BCUT2D eigenvalue weighted by atomic mass is 16.6. The Hall–Kier alpha value is -3.66. The molecule has 0 aliphatic heterocycles. The Bertz CT molecular complexity index is 1020. The third kappa shape index (κ3) is 8.70. The fourth-order valence-corrected chi connectivity index (χ4v) is 2.42. The molecule has 0 fully saturated rings. The SMILES string of the molecule is CC(C)(C)OC(=O)Nc1cccc(C#Cc2cc(N)ccc2NC(=O)OC(C)(C)C)c1. The van der Waals surface area contributed by atoms with Crippen LogP contribution >= 0.6 is 0 Å². The number of hydrogen-bond acceptors (Lipinski definition) is 5. The summed E-state index contributed by atoms with van der Waals surface area (Å²) >= 11 is 0. The number of rotatable bonds is 2. The van der Waals surface area contributed by atoms with E-state index in [1.54, 1.807) is 84.0 Å². The van der Waals surface area contributed by atoms with Gasteiger partial charge in [-0.15, -0.1) is 0 Å². The van der Waals surface area contributed by atoms with Crippen LogP contribution in [0.3, 0.4) is 0 Å². The average Bonchev–Trinajstić information content (AvgIpc) is 2.59. The number of anilines is 3. The molecule has 0 unspecified atom stereocenters. The van der Waals surface area contributed by atoms with Crippen molar-refractivity contribution in [2.75, 3.05) is 16.4 Å². The lowest BCUT2D eigenvalue weighted by Gasteiger charge is -2.20. The molecule has 0 aliphatic carbocycles. The zero-order chi connectivity index (χ0) is 23.2. The highest BCUT2D eigenvalue weighted by molar-refractivity contribution is 5.88. The molecule has 2 aromatic carbocycles. The fraction of sp³-hybridized carbons (Fsp3) is 0.333. The molecule has 0 aliphatic rings. The van der Waals surface area contributed by atoms with Crippen LogP contribution in [0.4, 0.5) is 26.7 Å². The molecule has 4 N–H and O–H groups in total.